The molecule has 0 bridgehead atoms. The lowest BCUT2D eigenvalue weighted by atomic mass is 10.0. The smallest absolute Gasteiger partial charge is 0.0708 e. The summed E-state index contributed by atoms with van der Waals surface area (Å²) in [6.07, 6.45) is 3.80. The zero-order valence-electron chi connectivity index (χ0n) is 9.36. The van der Waals surface area contributed by atoms with Gasteiger partial charge in [-0.2, -0.15) is 0 Å². The van der Waals surface area contributed by atoms with Gasteiger partial charge < -0.3 is 0 Å². The van der Waals surface area contributed by atoms with Crippen molar-refractivity contribution in [3.8, 4) is 0 Å². The van der Waals surface area contributed by atoms with Crippen molar-refractivity contribution in [3.63, 3.8) is 0 Å². The van der Waals surface area contributed by atoms with Crippen molar-refractivity contribution in [1.29, 1.82) is 0 Å². The minimum Gasteiger partial charge on any atom is -0.261 e. The van der Waals surface area contributed by atoms with E-state index in [1.807, 2.05) is 31.5 Å². The number of para-hydroxylation sites is 1. The molecule has 3 aromatic rings. The number of nitrogens with zero attached hydrogens (tertiary/aromatic N) is 2. The molecular weight excluding hydrogens is 196 g/mol. The van der Waals surface area contributed by atoms with Crippen molar-refractivity contribution in [2.24, 2.45) is 0 Å². The quantitative estimate of drug-likeness (QED) is 0.529. The van der Waals surface area contributed by atoms with Crippen LogP contribution in [0.2, 0.25) is 0 Å². The summed E-state index contributed by atoms with van der Waals surface area (Å²) >= 11 is 0. The fourth-order valence-corrected chi connectivity index (χ4v) is 2.12. The summed E-state index contributed by atoms with van der Waals surface area (Å²) in [5, 5.41) is 3.60. The highest BCUT2D eigenvalue weighted by Gasteiger charge is 2.06. The Hall–Kier alpha value is -1.96. The molecule has 0 N–H and O–H groups in total. The van der Waals surface area contributed by atoms with Gasteiger partial charge in [0.05, 0.1) is 5.52 Å². The Morgan fingerprint density at radius 1 is 0.938 bits per heavy atom. The van der Waals surface area contributed by atoms with Crippen molar-refractivity contribution in [1.82, 2.24) is 9.97 Å². The fourth-order valence-electron chi connectivity index (χ4n) is 2.12. The molecule has 16 heavy (non-hydrogen) atoms. The van der Waals surface area contributed by atoms with Crippen molar-refractivity contribution in [2.45, 2.75) is 13.8 Å². The Balaban J connectivity index is 2.63. The summed E-state index contributed by atoms with van der Waals surface area (Å²) in [6.45, 7) is 4.17. The molecule has 0 aliphatic rings. The molecule has 0 saturated heterocycles. The number of aryl methyl sites for hydroxylation is 2. The van der Waals surface area contributed by atoms with Gasteiger partial charge >= 0.3 is 0 Å². The van der Waals surface area contributed by atoms with Crippen molar-refractivity contribution in [3.05, 3.63) is 47.9 Å². The molecule has 2 aromatic heterocycles. The lowest BCUT2D eigenvalue weighted by Gasteiger charge is -2.07. The molecule has 0 aliphatic heterocycles. The van der Waals surface area contributed by atoms with Gasteiger partial charge in [-0.15, -0.1) is 0 Å². The zero-order valence-corrected chi connectivity index (χ0v) is 9.36. The highest BCUT2D eigenvalue weighted by Crippen LogP contribution is 2.26. The summed E-state index contributed by atoms with van der Waals surface area (Å²) < 4.78 is 0. The fraction of sp³-hybridized carbons (Fsp3) is 0.143. The minimum atomic E-state index is 1.05. The summed E-state index contributed by atoms with van der Waals surface area (Å²) in [4.78, 5) is 8.81. The molecule has 0 unspecified atom stereocenters. The van der Waals surface area contributed by atoms with Crippen LogP contribution in [-0.4, -0.2) is 9.97 Å². The summed E-state index contributed by atoms with van der Waals surface area (Å²) in [5.41, 5.74) is 3.38. The number of fused-ring (bicyclic) bond motifs is 3. The second-order valence-electron chi connectivity index (χ2n) is 4.07. The van der Waals surface area contributed by atoms with Crippen LogP contribution < -0.4 is 0 Å². The third kappa shape index (κ3) is 1.20. The molecule has 0 fully saturated rings. The van der Waals surface area contributed by atoms with Gasteiger partial charge in [0.15, 0.2) is 0 Å². The molecular formula is C14H12N2. The average Bonchev–Trinajstić information content (AvgIpc) is 2.33. The van der Waals surface area contributed by atoms with Crippen LogP contribution in [0.4, 0.5) is 0 Å². The number of hydrogen-bond donors (Lipinski definition) is 0. The monoisotopic (exact) mass is 208 g/mol. The Bertz CT molecular complexity index is 687. The molecule has 0 amide bonds. The largest absolute Gasteiger partial charge is 0.261 e. The van der Waals surface area contributed by atoms with E-state index >= 15 is 0 Å². The first-order chi connectivity index (χ1) is 7.77. The highest BCUT2D eigenvalue weighted by molar-refractivity contribution is 6.06. The van der Waals surface area contributed by atoms with Gasteiger partial charge in [0.25, 0.3) is 0 Å². The summed E-state index contributed by atoms with van der Waals surface area (Å²) in [7, 11) is 0. The number of pyridine rings is 2. The van der Waals surface area contributed by atoms with Gasteiger partial charge in [0.1, 0.15) is 0 Å². The van der Waals surface area contributed by atoms with Gasteiger partial charge in [-0.05, 0) is 30.9 Å². The van der Waals surface area contributed by atoms with Crippen molar-refractivity contribution < 1.29 is 0 Å². The van der Waals surface area contributed by atoms with Gasteiger partial charge in [-0.25, -0.2) is 0 Å². The molecule has 0 aliphatic carbocycles. The third-order valence-electron chi connectivity index (χ3n) is 3.12. The van der Waals surface area contributed by atoms with Crippen molar-refractivity contribution in [2.75, 3.05) is 0 Å². The number of rotatable bonds is 0. The van der Waals surface area contributed by atoms with Gasteiger partial charge in [-0.1, -0.05) is 18.2 Å². The maximum Gasteiger partial charge on any atom is 0.0708 e. The van der Waals surface area contributed by atoms with Gasteiger partial charge in [0, 0.05) is 28.9 Å². The molecule has 78 valence electrons. The predicted molar refractivity (Wildman–Crippen MR) is 66.5 cm³/mol. The van der Waals surface area contributed by atoms with E-state index in [0.717, 1.165) is 16.6 Å². The zero-order chi connectivity index (χ0) is 11.1. The second-order valence-corrected chi connectivity index (χ2v) is 4.07. The van der Waals surface area contributed by atoms with E-state index in [1.165, 1.54) is 16.3 Å². The van der Waals surface area contributed by atoms with E-state index in [1.54, 1.807) is 0 Å². The van der Waals surface area contributed by atoms with Crippen LogP contribution in [-0.2, 0) is 0 Å². The molecule has 3 rings (SSSR count). The first kappa shape index (κ1) is 9.28. The molecule has 2 heterocycles. The first-order valence-corrected chi connectivity index (χ1v) is 5.37. The Morgan fingerprint density at radius 3 is 2.56 bits per heavy atom. The van der Waals surface area contributed by atoms with Crippen molar-refractivity contribution >= 4 is 21.7 Å². The molecule has 1 aromatic carbocycles. The Morgan fingerprint density at radius 2 is 1.69 bits per heavy atom. The summed E-state index contributed by atoms with van der Waals surface area (Å²) in [5.74, 6) is 0. The number of aromatic nitrogens is 2. The molecule has 2 nitrogen and oxygen atoms in total. The Kier molecular flexibility index (Phi) is 1.90. The maximum atomic E-state index is 4.44. The maximum absolute atomic E-state index is 4.44. The van der Waals surface area contributed by atoms with Crippen LogP contribution in [0.1, 0.15) is 11.3 Å². The lowest BCUT2D eigenvalue weighted by Crippen LogP contribution is -1.90. The normalized spacial score (nSPS) is 11.1. The Labute approximate surface area is 94.0 Å². The van der Waals surface area contributed by atoms with E-state index in [-0.39, 0.29) is 0 Å². The van der Waals surface area contributed by atoms with Crippen LogP contribution in [0.5, 0.6) is 0 Å². The molecule has 0 saturated carbocycles. The topological polar surface area (TPSA) is 25.8 Å². The molecule has 2 heteroatoms. The first-order valence-electron chi connectivity index (χ1n) is 5.37. The van der Waals surface area contributed by atoms with Crippen LogP contribution in [0.15, 0.2) is 36.7 Å². The third-order valence-corrected chi connectivity index (χ3v) is 3.12. The van der Waals surface area contributed by atoms with E-state index in [9.17, 15) is 0 Å². The van der Waals surface area contributed by atoms with E-state index < -0.39 is 0 Å². The molecule has 0 atom stereocenters. The summed E-state index contributed by atoms with van der Waals surface area (Å²) in [6, 6.07) is 8.24. The van der Waals surface area contributed by atoms with Crippen LogP contribution in [0.25, 0.3) is 21.7 Å². The predicted octanol–water partition coefficient (Wildman–Crippen LogP) is 3.40. The van der Waals surface area contributed by atoms with E-state index in [0.29, 0.717) is 0 Å². The second kappa shape index (κ2) is 3.27. The van der Waals surface area contributed by atoms with E-state index in [2.05, 4.69) is 29.0 Å². The lowest BCUT2D eigenvalue weighted by molar-refractivity contribution is 1.18. The number of hydrogen-bond acceptors (Lipinski definition) is 2. The average molecular weight is 208 g/mol. The van der Waals surface area contributed by atoms with Crippen LogP contribution >= 0.6 is 0 Å². The van der Waals surface area contributed by atoms with Gasteiger partial charge in [-0.3, -0.25) is 9.97 Å². The van der Waals surface area contributed by atoms with Crippen LogP contribution in [0.3, 0.4) is 0 Å². The molecule has 0 radical (unpaired) electrons. The van der Waals surface area contributed by atoms with E-state index in [4.69, 9.17) is 0 Å². The SMILES string of the molecule is Cc1ncc2cnc3ccccc3c2c1C. The van der Waals surface area contributed by atoms with Gasteiger partial charge in [0.2, 0.25) is 0 Å². The standard InChI is InChI=1S/C14H12N2/c1-9-10(2)15-7-11-8-16-13-6-4-3-5-12(13)14(9)11/h3-8H,1-2H3. The minimum absolute atomic E-state index is 1.05. The highest BCUT2D eigenvalue weighted by atomic mass is 14.7. The molecule has 0 spiro atoms. The number of benzene rings is 1. The van der Waals surface area contributed by atoms with Crippen LogP contribution in [0, 0.1) is 13.8 Å².